The second-order valence-electron chi connectivity index (χ2n) is 7.90. The van der Waals surface area contributed by atoms with Gasteiger partial charge < -0.3 is 10.2 Å². The summed E-state index contributed by atoms with van der Waals surface area (Å²) in [5.41, 5.74) is -0.250. The number of carboxylic acids is 1. The lowest BCUT2D eigenvalue weighted by Gasteiger charge is -2.46. The maximum atomic E-state index is 14.1. The molecule has 148 valence electrons. The molecule has 2 aliphatic rings. The molecule has 2 aromatic rings. The number of benzene rings is 1. The maximum Gasteiger partial charge on any atom is 0.325 e. The molecular formula is C21H22F2N2O3. The number of aromatic nitrogens is 1. The lowest BCUT2D eigenvalue weighted by Crippen LogP contribution is -2.54. The van der Waals surface area contributed by atoms with Gasteiger partial charge in [-0.05, 0) is 48.9 Å². The van der Waals surface area contributed by atoms with E-state index in [4.69, 9.17) is 0 Å². The SMILES string of the molecule is O=C(O)C(c1cccnc1)N1C2CCC1CC(O)(Cc1ccc(F)cc1F)C2. The Labute approximate surface area is 161 Å². The van der Waals surface area contributed by atoms with Crippen molar-refractivity contribution in [1.82, 2.24) is 9.88 Å². The number of carbonyl (C=O) groups is 1. The monoisotopic (exact) mass is 388 g/mol. The molecule has 28 heavy (non-hydrogen) atoms. The Morgan fingerprint density at radius 2 is 1.96 bits per heavy atom. The standard InChI is InChI=1S/C21H22F2N2O3/c22-15-4-3-13(18(23)8-15)9-21(28)10-16-5-6-17(11-21)25(16)19(20(26)27)14-2-1-7-24-12-14/h1-4,7-8,12,16-17,19,28H,5-6,9-11H2,(H,26,27). The van der Waals surface area contributed by atoms with Gasteiger partial charge in [0.05, 0.1) is 5.60 Å². The van der Waals surface area contributed by atoms with Gasteiger partial charge in [0, 0.05) is 37.0 Å². The molecule has 2 bridgehead atoms. The number of aliphatic carboxylic acids is 1. The molecule has 2 fully saturated rings. The molecule has 4 rings (SSSR count). The van der Waals surface area contributed by atoms with Gasteiger partial charge in [-0.25, -0.2) is 8.78 Å². The van der Waals surface area contributed by atoms with Crippen molar-refractivity contribution in [1.29, 1.82) is 0 Å². The van der Waals surface area contributed by atoms with Crippen LogP contribution in [0.1, 0.15) is 42.9 Å². The van der Waals surface area contributed by atoms with E-state index in [1.807, 2.05) is 4.90 Å². The van der Waals surface area contributed by atoms with E-state index in [0.29, 0.717) is 18.4 Å². The van der Waals surface area contributed by atoms with Crippen molar-refractivity contribution in [2.45, 2.75) is 55.8 Å². The van der Waals surface area contributed by atoms with Crippen LogP contribution in [0.25, 0.3) is 0 Å². The van der Waals surface area contributed by atoms with E-state index < -0.39 is 29.2 Å². The first-order valence-electron chi connectivity index (χ1n) is 9.43. The van der Waals surface area contributed by atoms with E-state index in [9.17, 15) is 23.8 Å². The Morgan fingerprint density at radius 1 is 1.25 bits per heavy atom. The Bertz CT molecular complexity index is 863. The summed E-state index contributed by atoms with van der Waals surface area (Å²) in [7, 11) is 0. The molecule has 2 aliphatic heterocycles. The normalized spacial score (nSPS) is 28.2. The fourth-order valence-corrected chi connectivity index (χ4v) is 4.92. The second kappa shape index (κ2) is 7.22. The first-order valence-corrected chi connectivity index (χ1v) is 9.43. The van der Waals surface area contributed by atoms with Crippen LogP contribution in [0.3, 0.4) is 0 Å². The first-order chi connectivity index (χ1) is 13.4. The van der Waals surface area contributed by atoms with Gasteiger partial charge in [0.25, 0.3) is 0 Å². The number of fused-ring (bicyclic) bond motifs is 2. The fraction of sp³-hybridized carbons (Fsp3) is 0.429. The van der Waals surface area contributed by atoms with Crippen LogP contribution in [0, 0.1) is 11.6 Å². The van der Waals surface area contributed by atoms with E-state index in [-0.39, 0.29) is 24.1 Å². The molecule has 0 amide bonds. The predicted molar refractivity (Wildman–Crippen MR) is 97.5 cm³/mol. The number of piperidine rings is 1. The van der Waals surface area contributed by atoms with E-state index in [0.717, 1.165) is 18.9 Å². The minimum atomic E-state index is -1.14. The van der Waals surface area contributed by atoms with Gasteiger partial charge in [0.15, 0.2) is 0 Å². The molecule has 0 radical (unpaired) electrons. The van der Waals surface area contributed by atoms with Crippen LogP contribution in [0.2, 0.25) is 0 Å². The number of nitrogens with zero attached hydrogens (tertiary/aromatic N) is 2. The van der Waals surface area contributed by atoms with E-state index in [1.165, 1.54) is 12.1 Å². The van der Waals surface area contributed by atoms with E-state index in [2.05, 4.69) is 4.98 Å². The van der Waals surface area contributed by atoms with Crippen LogP contribution in [0.15, 0.2) is 42.7 Å². The van der Waals surface area contributed by atoms with Crippen LogP contribution in [-0.2, 0) is 11.2 Å². The molecule has 3 unspecified atom stereocenters. The number of hydrogen-bond acceptors (Lipinski definition) is 4. The van der Waals surface area contributed by atoms with Gasteiger partial charge in [0.2, 0.25) is 0 Å². The van der Waals surface area contributed by atoms with Gasteiger partial charge in [-0.15, -0.1) is 0 Å². The molecule has 0 aliphatic carbocycles. The molecule has 0 saturated carbocycles. The number of carboxylic acid groups (broad SMARTS) is 1. The van der Waals surface area contributed by atoms with Crippen molar-refractivity contribution in [3.05, 3.63) is 65.5 Å². The van der Waals surface area contributed by atoms with Gasteiger partial charge >= 0.3 is 5.97 Å². The summed E-state index contributed by atoms with van der Waals surface area (Å²) in [5, 5.41) is 21.0. The van der Waals surface area contributed by atoms with Crippen molar-refractivity contribution < 1.29 is 23.8 Å². The molecule has 2 N–H and O–H groups in total. The Balaban J connectivity index is 1.57. The van der Waals surface area contributed by atoms with Crippen molar-refractivity contribution in [3.8, 4) is 0 Å². The van der Waals surface area contributed by atoms with E-state index >= 15 is 0 Å². The van der Waals surface area contributed by atoms with Crippen LogP contribution in [0.4, 0.5) is 8.78 Å². The van der Waals surface area contributed by atoms with Crippen molar-refractivity contribution in [2.24, 2.45) is 0 Å². The lowest BCUT2D eigenvalue weighted by atomic mass is 9.80. The topological polar surface area (TPSA) is 73.7 Å². The van der Waals surface area contributed by atoms with Crippen molar-refractivity contribution >= 4 is 5.97 Å². The Morgan fingerprint density at radius 3 is 2.54 bits per heavy atom. The van der Waals surface area contributed by atoms with Crippen LogP contribution >= 0.6 is 0 Å². The highest BCUT2D eigenvalue weighted by molar-refractivity contribution is 5.75. The van der Waals surface area contributed by atoms with Crippen molar-refractivity contribution in [3.63, 3.8) is 0 Å². The summed E-state index contributed by atoms with van der Waals surface area (Å²) in [5.74, 6) is -2.26. The highest BCUT2D eigenvalue weighted by Crippen LogP contribution is 2.46. The number of hydrogen-bond donors (Lipinski definition) is 2. The predicted octanol–water partition coefficient (Wildman–Crippen LogP) is 3.09. The summed E-state index contributed by atoms with van der Waals surface area (Å²) in [6.07, 6.45) is 5.52. The molecule has 0 spiro atoms. The quantitative estimate of drug-likeness (QED) is 0.824. The average molecular weight is 388 g/mol. The highest BCUT2D eigenvalue weighted by Gasteiger charge is 2.51. The molecule has 5 nitrogen and oxygen atoms in total. The van der Waals surface area contributed by atoms with Gasteiger partial charge in [-0.1, -0.05) is 12.1 Å². The number of aliphatic hydroxyl groups is 1. The number of rotatable bonds is 5. The number of halogens is 2. The fourth-order valence-electron chi connectivity index (χ4n) is 4.92. The minimum absolute atomic E-state index is 0.0879. The molecular weight excluding hydrogens is 366 g/mol. The van der Waals surface area contributed by atoms with Crippen LogP contribution in [-0.4, -0.2) is 43.8 Å². The Kier molecular flexibility index (Phi) is 4.89. The smallest absolute Gasteiger partial charge is 0.325 e. The zero-order chi connectivity index (χ0) is 19.9. The maximum absolute atomic E-state index is 14.1. The van der Waals surface area contributed by atoms with Crippen LogP contribution < -0.4 is 0 Å². The van der Waals surface area contributed by atoms with Gasteiger partial charge in [0.1, 0.15) is 17.7 Å². The largest absolute Gasteiger partial charge is 0.480 e. The summed E-state index contributed by atoms with van der Waals surface area (Å²) >= 11 is 0. The average Bonchev–Trinajstić information content (AvgIpc) is 2.90. The second-order valence-corrected chi connectivity index (χ2v) is 7.90. The molecule has 1 aromatic heterocycles. The summed E-state index contributed by atoms with van der Waals surface area (Å²) in [6.45, 7) is 0. The highest BCUT2D eigenvalue weighted by atomic mass is 19.1. The van der Waals surface area contributed by atoms with Gasteiger partial charge in [-0.2, -0.15) is 0 Å². The molecule has 2 saturated heterocycles. The van der Waals surface area contributed by atoms with Crippen LogP contribution in [0.5, 0.6) is 0 Å². The van der Waals surface area contributed by atoms with Gasteiger partial charge in [-0.3, -0.25) is 14.7 Å². The molecule has 3 atom stereocenters. The third-order valence-electron chi connectivity index (χ3n) is 5.97. The molecule has 7 heteroatoms. The molecule has 1 aromatic carbocycles. The number of pyridine rings is 1. The lowest BCUT2D eigenvalue weighted by molar-refractivity contribution is -0.149. The summed E-state index contributed by atoms with van der Waals surface area (Å²) in [6, 6.07) is 5.79. The zero-order valence-corrected chi connectivity index (χ0v) is 15.3. The van der Waals surface area contributed by atoms with E-state index in [1.54, 1.807) is 24.5 Å². The third kappa shape index (κ3) is 3.52. The molecule has 3 heterocycles. The minimum Gasteiger partial charge on any atom is -0.480 e. The summed E-state index contributed by atoms with van der Waals surface area (Å²) < 4.78 is 27.2. The third-order valence-corrected chi connectivity index (χ3v) is 5.97. The van der Waals surface area contributed by atoms with Crippen molar-refractivity contribution in [2.75, 3.05) is 0 Å². The Hall–Kier alpha value is -2.38. The zero-order valence-electron chi connectivity index (χ0n) is 15.3. The summed E-state index contributed by atoms with van der Waals surface area (Å²) in [4.78, 5) is 18.0. The first kappa shape index (κ1) is 19.0.